The summed E-state index contributed by atoms with van der Waals surface area (Å²) in [6.45, 7) is 1.85. The Morgan fingerprint density at radius 3 is 2.62 bits per heavy atom. The van der Waals surface area contributed by atoms with E-state index in [-0.39, 0.29) is 16.6 Å². The summed E-state index contributed by atoms with van der Waals surface area (Å²) in [5, 5.41) is 11.6. The number of ether oxygens (including phenoxy) is 1. The number of hydrogen-bond donors (Lipinski definition) is 1. The Bertz CT molecular complexity index is 1410. The SMILES string of the molecule is COc1ccc(C2CC(c3c(O)c4cccc(C)c4oc3=O)=Nc3ccccc3S2)cc1. The van der Waals surface area contributed by atoms with Crippen molar-refractivity contribution in [3.63, 3.8) is 0 Å². The van der Waals surface area contributed by atoms with Gasteiger partial charge in [0.25, 0.3) is 0 Å². The number of para-hydroxylation sites is 2. The van der Waals surface area contributed by atoms with E-state index < -0.39 is 5.63 Å². The summed E-state index contributed by atoms with van der Waals surface area (Å²) < 4.78 is 10.9. The van der Waals surface area contributed by atoms with Gasteiger partial charge >= 0.3 is 5.63 Å². The van der Waals surface area contributed by atoms with Gasteiger partial charge in [0.05, 0.1) is 23.9 Å². The second kappa shape index (κ2) is 8.20. The van der Waals surface area contributed by atoms with E-state index in [1.807, 2.05) is 67.6 Å². The largest absolute Gasteiger partial charge is 0.506 e. The van der Waals surface area contributed by atoms with E-state index in [4.69, 9.17) is 14.1 Å². The number of rotatable bonds is 3. The number of nitrogens with zero attached hydrogens (tertiary/aromatic N) is 1. The third-order valence-corrected chi connectivity index (χ3v) is 6.97. The highest BCUT2D eigenvalue weighted by Gasteiger charge is 2.27. The predicted molar refractivity (Wildman–Crippen MR) is 128 cm³/mol. The van der Waals surface area contributed by atoms with Crippen LogP contribution in [0.25, 0.3) is 11.0 Å². The van der Waals surface area contributed by atoms with Crippen molar-refractivity contribution >= 4 is 34.1 Å². The molecule has 2 heterocycles. The van der Waals surface area contributed by atoms with E-state index in [2.05, 4.69) is 0 Å². The van der Waals surface area contributed by atoms with Crippen LogP contribution in [0.15, 0.2) is 85.8 Å². The van der Waals surface area contributed by atoms with Gasteiger partial charge in [-0.25, -0.2) is 4.79 Å². The van der Waals surface area contributed by atoms with Crippen molar-refractivity contribution in [1.29, 1.82) is 0 Å². The van der Waals surface area contributed by atoms with Crippen molar-refractivity contribution in [2.24, 2.45) is 4.99 Å². The third-order valence-electron chi connectivity index (χ3n) is 5.65. The van der Waals surface area contributed by atoms with Crippen LogP contribution in [0, 0.1) is 6.92 Å². The number of aromatic hydroxyl groups is 1. The number of fused-ring (bicyclic) bond motifs is 2. The minimum absolute atomic E-state index is 0.00434. The standard InChI is InChI=1S/C26H21NO4S/c1-15-6-5-7-18-24(28)23(26(29)31-25(15)18)20-14-22(16-10-12-17(30-2)13-11-16)32-21-9-4-3-8-19(21)27-20/h3-13,22,28H,14H2,1-2H3. The van der Waals surface area contributed by atoms with Gasteiger partial charge in [0.15, 0.2) is 0 Å². The Morgan fingerprint density at radius 2 is 1.84 bits per heavy atom. The Balaban J connectivity index is 1.69. The van der Waals surface area contributed by atoms with Gasteiger partial charge in [0, 0.05) is 16.6 Å². The molecule has 1 unspecified atom stereocenters. The maximum atomic E-state index is 13.0. The summed E-state index contributed by atoms with van der Waals surface area (Å²) in [6.07, 6.45) is 0.460. The zero-order valence-electron chi connectivity index (χ0n) is 17.7. The molecule has 0 saturated carbocycles. The van der Waals surface area contributed by atoms with Gasteiger partial charge in [0.2, 0.25) is 0 Å². The highest BCUT2D eigenvalue weighted by Crippen LogP contribution is 2.46. The van der Waals surface area contributed by atoms with Crippen LogP contribution < -0.4 is 10.4 Å². The molecule has 5 rings (SSSR count). The Kier molecular flexibility index (Phi) is 5.23. The molecule has 0 fully saturated rings. The monoisotopic (exact) mass is 443 g/mol. The number of thioether (sulfide) groups is 1. The molecule has 160 valence electrons. The van der Waals surface area contributed by atoms with Crippen molar-refractivity contribution in [3.8, 4) is 11.5 Å². The van der Waals surface area contributed by atoms with E-state index in [1.54, 1.807) is 24.9 Å². The quantitative estimate of drug-likeness (QED) is 0.383. The molecule has 0 aliphatic carbocycles. The van der Waals surface area contributed by atoms with Crippen LogP contribution in [-0.2, 0) is 0 Å². The molecule has 0 bridgehead atoms. The minimum atomic E-state index is -0.582. The second-order valence-corrected chi connectivity index (χ2v) is 8.92. The summed E-state index contributed by atoms with van der Waals surface area (Å²) in [5.74, 6) is 0.696. The van der Waals surface area contributed by atoms with E-state index in [9.17, 15) is 9.90 Å². The first-order valence-corrected chi connectivity index (χ1v) is 11.2. The highest BCUT2D eigenvalue weighted by molar-refractivity contribution is 7.99. The molecule has 5 nitrogen and oxygen atoms in total. The minimum Gasteiger partial charge on any atom is -0.506 e. The lowest BCUT2D eigenvalue weighted by Gasteiger charge is -2.17. The van der Waals surface area contributed by atoms with Crippen molar-refractivity contribution in [2.45, 2.75) is 23.5 Å². The highest BCUT2D eigenvalue weighted by atomic mass is 32.2. The van der Waals surface area contributed by atoms with Crippen molar-refractivity contribution in [3.05, 3.63) is 93.8 Å². The van der Waals surface area contributed by atoms with Crippen LogP contribution in [0.1, 0.15) is 28.4 Å². The van der Waals surface area contributed by atoms with Crippen LogP contribution in [0.5, 0.6) is 11.5 Å². The van der Waals surface area contributed by atoms with Gasteiger partial charge in [-0.2, -0.15) is 0 Å². The maximum absolute atomic E-state index is 13.0. The topological polar surface area (TPSA) is 72.0 Å². The molecule has 1 aromatic heterocycles. The molecule has 1 N–H and O–H groups in total. The smallest absolute Gasteiger partial charge is 0.349 e. The van der Waals surface area contributed by atoms with Crippen molar-refractivity contribution < 1.29 is 14.3 Å². The van der Waals surface area contributed by atoms with Gasteiger partial charge in [-0.15, -0.1) is 11.8 Å². The molecule has 6 heteroatoms. The first-order valence-electron chi connectivity index (χ1n) is 10.3. The van der Waals surface area contributed by atoms with Crippen molar-refractivity contribution in [1.82, 2.24) is 0 Å². The van der Waals surface area contributed by atoms with E-state index in [0.29, 0.717) is 23.1 Å². The van der Waals surface area contributed by atoms with Crippen LogP contribution >= 0.6 is 11.8 Å². The molecular weight excluding hydrogens is 422 g/mol. The molecule has 1 atom stereocenters. The van der Waals surface area contributed by atoms with E-state index in [0.717, 1.165) is 27.5 Å². The summed E-state index contributed by atoms with van der Waals surface area (Å²) >= 11 is 1.69. The molecule has 3 aromatic carbocycles. The number of aryl methyl sites for hydroxylation is 1. The normalized spacial score (nSPS) is 15.7. The fourth-order valence-corrected chi connectivity index (χ4v) is 5.21. The number of hydrogen-bond acceptors (Lipinski definition) is 6. The zero-order valence-corrected chi connectivity index (χ0v) is 18.5. The molecule has 0 radical (unpaired) electrons. The predicted octanol–water partition coefficient (Wildman–Crippen LogP) is 6.17. The maximum Gasteiger partial charge on any atom is 0.349 e. The molecule has 4 aromatic rings. The fourth-order valence-electron chi connectivity index (χ4n) is 3.98. The van der Waals surface area contributed by atoms with Gasteiger partial charge < -0.3 is 14.3 Å². The lowest BCUT2D eigenvalue weighted by Crippen LogP contribution is -2.17. The first-order chi connectivity index (χ1) is 15.5. The van der Waals surface area contributed by atoms with Crippen LogP contribution in [0.2, 0.25) is 0 Å². The number of benzene rings is 3. The summed E-state index contributed by atoms with van der Waals surface area (Å²) in [6, 6.07) is 21.2. The summed E-state index contributed by atoms with van der Waals surface area (Å²) in [4.78, 5) is 18.9. The van der Waals surface area contributed by atoms with Gasteiger partial charge in [0.1, 0.15) is 22.6 Å². The third kappa shape index (κ3) is 3.56. The van der Waals surface area contributed by atoms with Crippen LogP contribution in [-0.4, -0.2) is 17.9 Å². The molecule has 32 heavy (non-hydrogen) atoms. The second-order valence-electron chi connectivity index (χ2n) is 7.67. The van der Waals surface area contributed by atoms with Crippen molar-refractivity contribution in [2.75, 3.05) is 7.11 Å². The average molecular weight is 444 g/mol. The zero-order chi connectivity index (χ0) is 22.2. The Morgan fingerprint density at radius 1 is 1.06 bits per heavy atom. The Labute approximate surface area is 189 Å². The summed E-state index contributed by atoms with van der Waals surface area (Å²) in [7, 11) is 1.64. The first kappa shape index (κ1) is 20.4. The molecule has 0 spiro atoms. The van der Waals surface area contributed by atoms with E-state index in [1.165, 1.54) is 0 Å². The van der Waals surface area contributed by atoms with Gasteiger partial charge in [-0.1, -0.05) is 36.4 Å². The molecular formula is C26H21NO4S. The molecule has 0 saturated heterocycles. The van der Waals surface area contributed by atoms with Crippen LogP contribution in [0.3, 0.4) is 0 Å². The summed E-state index contributed by atoms with van der Waals surface area (Å²) in [5.41, 5.74) is 3.10. The molecule has 0 amide bonds. The number of aliphatic imine (C=N–C) groups is 1. The Hall–Kier alpha value is -3.51. The fraction of sp³-hybridized carbons (Fsp3) is 0.154. The van der Waals surface area contributed by atoms with Crippen LogP contribution in [0.4, 0.5) is 5.69 Å². The number of methoxy groups -OCH3 is 1. The van der Waals surface area contributed by atoms with Gasteiger partial charge in [-0.05, 0) is 48.4 Å². The molecule has 1 aliphatic rings. The lowest BCUT2D eigenvalue weighted by atomic mass is 10.00. The van der Waals surface area contributed by atoms with E-state index >= 15 is 0 Å². The molecule has 1 aliphatic heterocycles. The van der Waals surface area contributed by atoms with Gasteiger partial charge in [-0.3, -0.25) is 4.99 Å². The average Bonchev–Trinajstić information content (AvgIpc) is 2.99. The lowest BCUT2D eigenvalue weighted by molar-refractivity contribution is 0.414.